The van der Waals surface area contributed by atoms with Crippen molar-refractivity contribution < 1.29 is 14.6 Å². The highest BCUT2D eigenvalue weighted by Crippen LogP contribution is 2.12. The molecule has 0 aliphatic rings. The van der Waals surface area contributed by atoms with E-state index in [-0.39, 0.29) is 6.61 Å². The third-order valence-corrected chi connectivity index (χ3v) is 2.78. The average Bonchev–Trinajstić information content (AvgIpc) is 2.46. The number of nitrogens with zero attached hydrogens (tertiary/aromatic N) is 1. The predicted octanol–water partition coefficient (Wildman–Crippen LogP) is 1.38. The molecule has 110 valence electrons. The van der Waals surface area contributed by atoms with Crippen LogP contribution in [0.1, 0.15) is 12.0 Å². The average molecular weight is 277 g/mol. The second kappa shape index (κ2) is 10.3. The minimum absolute atomic E-state index is 0.128. The maximum atomic E-state index is 8.67. The largest absolute Gasteiger partial charge is 0.492 e. The van der Waals surface area contributed by atoms with Gasteiger partial charge in [-0.15, -0.1) is 0 Å². The highest BCUT2D eigenvalue weighted by molar-refractivity contribution is 5.39. The molecule has 4 nitrogen and oxygen atoms in total. The lowest BCUT2D eigenvalue weighted by molar-refractivity contribution is 0.172. The van der Waals surface area contributed by atoms with E-state index in [4.69, 9.17) is 14.6 Å². The van der Waals surface area contributed by atoms with Gasteiger partial charge in [-0.3, -0.25) is 0 Å². The Balaban J connectivity index is 2.31. The number of hydrogen-bond donors (Lipinski definition) is 1. The van der Waals surface area contributed by atoms with E-state index >= 15 is 0 Å². The summed E-state index contributed by atoms with van der Waals surface area (Å²) in [6.45, 7) is 3.17. The fraction of sp³-hybridized carbons (Fsp3) is 0.500. The molecule has 0 spiro atoms. The monoisotopic (exact) mass is 277 g/mol. The molecular formula is C16H23NO3. The quantitative estimate of drug-likeness (QED) is 0.576. The maximum absolute atomic E-state index is 8.67. The lowest BCUT2D eigenvalue weighted by atomic mass is 10.2. The number of hydrogen-bond acceptors (Lipinski definition) is 4. The molecule has 0 saturated carbocycles. The number of ether oxygens (including phenoxy) is 2. The molecule has 0 aliphatic heterocycles. The third-order valence-electron chi connectivity index (χ3n) is 2.78. The first-order chi connectivity index (χ1) is 9.76. The summed E-state index contributed by atoms with van der Waals surface area (Å²) < 4.78 is 10.7. The second-order valence-electron chi connectivity index (χ2n) is 4.49. The molecule has 0 unspecified atom stereocenters. The van der Waals surface area contributed by atoms with Gasteiger partial charge < -0.3 is 19.5 Å². The van der Waals surface area contributed by atoms with Gasteiger partial charge >= 0.3 is 0 Å². The Morgan fingerprint density at radius 3 is 2.85 bits per heavy atom. The van der Waals surface area contributed by atoms with E-state index in [1.54, 1.807) is 7.11 Å². The smallest absolute Gasteiger partial charge is 0.120 e. The minimum atomic E-state index is -0.128. The highest BCUT2D eigenvalue weighted by Gasteiger charge is 1.99. The van der Waals surface area contributed by atoms with Crippen molar-refractivity contribution in [3.05, 3.63) is 29.8 Å². The number of rotatable bonds is 8. The Hall–Kier alpha value is -1.54. The normalized spacial score (nSPS) is 10.2. The highest BCUT2D eigenvalue weighted by atomic mass is 16.5. The van der Waals surface area contributed by atoms with Crippen LogP contribution in [0.5, 0.6) is 5.75 Å². The van der Waals surface area contributed by atoms with Gasteiger partial charge in [0.2, 0.25) is 0 Å². The Kier molecular flexibility index (Phi) is 8.48. The van der Waals surface area contributed by atoms with Gasteiger partial charge in [0.1, 0.15) is 19.0 Å². The van der Waals surface area contributed by atoms with Crippen molar-refractivity contribution in [2.24, 2.45) is 0 Å². The van der Waals surface area contributed by atoms with Gasteiger partial charge in [-0.05, 0) is 31.7 Å². The molecule has 0 aromatic heterocycles. The Bertz CT molecular complexity index is 437. The second-order valence-corrected chi connectivity index (χ2v) is 4.49. The van der Waals surface area contributed by atoms with E-state index in [1.807, 2.05) is 24.3 Å². The van der Waals surface area contributed by atoms with Crippen molar-refractivity contribution in [2.45, 2.75) is 6.42 Å². The van der Waals surface area contributed by atoms with E-state index in [0.29, 0.717) is 6.61 Å². The van der Waals surface area contributed by atoms with Crippen molar-refractivity contribution >= 4 is 0 Å². The first-order valence-corrected chi connectivity index (χ1v) is 6.76. The van der Waals surface area contributed by atoms with Crippen LogP contribution in [0, 0.1) is 11.8 Å². The summed E-state index contributed by atoms with van der Waals surface area (Å²) in [7, 11) is 3.79. The predicted molar refractivity (Wildman–Crippen MR) is 79.9 cm³/mol. The van der Waals surface area contributed by atoms with Gasteiger partial charge in [0.05, 0.1) is 0 Å². The summed E-state index contributed by atoms with van der Waals surface area (Å²) in [5.41, 5.74) is 0.852. The molecule has 0 atom stereocenters. The van der Waals surface area contributed by atoms with Crippen molar-refractivity contribution in [3.8, 4) is 17.6 Å². The molecule has 1 aromatic rings. The lowest BCUT2D eigenvalue weighted by Gasteiger charge is -2.16. The molecule has 1 aromatic carbocycles. The van der Waals surface area contributed by atoms with Crippen LogP contribution in [0.25, 0.3) is 0 Å². The fourth-order valence-electron chi connectivity index (χ4n) is 1.72. The number of aliphatic hydroxyl groups is 1. The standard InChI is InChI=1S/C16H23NO3/c1-17(9-5-12-19-2)10-13-20-16-8-3-6-15(14-16)7-4-11-18/h3,6,8,14,18H,5,9-13H2,1-2H3. The van der Waals surface area contributed by atoms with Crippen LogP contribution in [-0.4, -0.2) is 57.1 Å². The molecule has 0 saturated heterocycles. The molecule has 4 heteroatoms. The number of methoxy groups -OCH3 is 1. The third kappa shape index (κ3) is 7.15. The lowest BCUT2D eigenvalue weighted by Crippen LogP contribution is -2.26. The SMILES string of the molecule is COCCCN(C)CCOc1cccc(C#CCO)c1. The van der Waals surface area contributed by atoms with Crippen molar-refractivity contribution in [1.82, 2.24) is 4.90 Å². The van der Waals surface area contributed by atoms with Crippen molar-refractivity contribution in [1.29, 1.82) is 0 Å². The van der Waals surface area contributed by atoms with Gasteiger partial charge in [-0.25, -0.2) is 0 Å². The van der Waals surface area contributed by atoms with Crippen LogP contribution in [0.4, 0.5) is 0 Å². The van der Waals surface area contributed by atoms with Crippen LogP contribution >= 0.6 is 0 Å². The molecule has 0 bridgehead atoms. The van der Waals surface area contributed by atoms with Crippen LogP contribution in [0.2, 0.25) is 0 Å². The maximum Gasteiger partial charge on any atom is 0.120 e. The Morgan fingerprint density at radius 2 is 2.10 bits per heavy atom. The van der Waals surface area contributed by atoms with E-state index in [1.165, 1.54) is 0 Å². The van der Waals surface area contributed by atoms with Gasteiger partial charge in [0.15, 0.2) is 0 Å². The molecule has 0 radical (unpaired) electrons. The van der Waals surface area contributed by atoms with Crippen LogP contribution in [0.3, 0.4) is 0 Å². The molecule has 1 rings (SSSR count). The molecule has 20 heavy (non-hydrogen) atoms. The summed E-state index contributed by atoms with van der Waals surface area (Å²) >= 11 is 0. The van der Waals surface area contributed by atoms with Crippen LogP contribution < -0.4 is 4.74 Å². The summed E-state index contributed by atoms with van der Waals surface area (Å²) in [5, 5.41) is 8.67. The number of benzene rings is 1. The molecule has 0 fully saturated rings. The zero-order valence-electron chi connectivity index (χ0n) is 12.3. The topological polar surface area (TPSA) is 41.9 Å². The summed E-state index contributed by atoms with van der Waals surface area (Å²) in [6, 6.07) is 7.59. The van der Waals surface area contributed by atoms with Gasteiger partial charge in [0.25, 0.3) is 0 Å². The van der Waals surface area contributed by atoms with E-state index in [0.717, 1.165) is 37.4 Å². The minimum Gasteiger partial charge on any atom is -0.492 e. The zero-order chi connectivity index (χ0) is 14.6. The zero-order valence-corrected chi connectivity index (χ0v) is 12.3. The summed E-state index contributed by atoms with van der Waals surface area (Å²) in [5.74, 6) is 6.29. The summed E-state index contributed by atoms with van der Waals surface area (Å²) in [4.78, 5) is 2.22. The Morgan fingerprint density at radius 1 is 1.25 bits per heavy atom. The van der Waals surface area contributed by atoms with E-state index in [9.17, 15) is 0 Å². The number of likely N-dealkylation sites (N-methyl/N-ethyl adjacent to an activating group) is 1. The molecule has 0 heterocycles. The van der Waals surface area contributed by atoms with Gasteiger partial charge in [0, 0.05) is 32.4 Å². The van der Waals surface area contributed by atoms with Crippen LogP contribution in [-0.2, 0) is 4.74 Å². The van der Waals surface area contributed by atoms with Crippen molar-refractivity contribution in [2.75, 3.05) is 47.1 Å². The van der Waals surface area contributed by atoms with E-state index in [2.05, 4.69) is 23.8 Å². The molecule has 0 amide bonds. The number of aliphatic hydroxyl groups excluding tert-OH is 1. The first-order valence-electron chi connectivity index (χ1n) is 6.76. The molecule has 1 N–H and O–H groups in total. The van der Waals surface area contributed by atoms with E-state index < -0.39 is 0 Å². The van der Waals surface area contributed by atoms with Crippen LogP contribution in [0.15, 0.2) is 24.3 Å². The summed E-state index contributed by atoms with van der Waals surface area (Å²) in [6.07, 6.45) is 1.03. The Labute approximate surface area is 121 Å². The first kappa shape index (κ1) is 16.5. The molecule has 0 aliphatic carbocycles. The fourth-order valence-corrected chi connectivity index (χ4v) is 1.72. The van der Waals surface area contributed by atoms with Gasteiger partial charge in [-0.2, -0.15) is 0 Å². The molecular weight excluding hydrogens is 254 g/mol. The van der Waals surface area contributed by atoms with Gasteiger partial charge in [-0.1, -0.05) is 17.9 Å². The van der Waals surface area contributed by atoms with Crippen molar-refractivity contribution in [3.63, 3.8) is 0 Å².